The quantitative estimate of drug-likeness (QED) is 0.854. The van der Waals surface area contributed by atoms with E-state index in [-0.39, 0.29) is 0 Å². The molecule has 0 atom stereocenters. The lowest BCUT2D eigenvalue weighted by atomic mass is 10.2. The van der Waals surface area contributed by atoms with Crippen LogP contribution in [0.25, 0.3) is 0 Å². The SMILES string of the molecule is CCc1nn(CC)c(CNc2cc(Br)ccc2C#N)c1Cl. The molecule has 2 rings (SSSR count). The number of anilines is 1. The van der Waals surface area contributed by atoms with Crippen molar-refractivity contribution in [3.63, 3.8) is 0 Å². The van der Waals surface area contributed by atoms with Crippen molar-refractivity contribution in [2.24, 2.45) is 0 Å². The van der Waals surface area contributed by atoms with Gasteiger partial charge in [0.05, 0.1) is 34.2 Å². The number of nitriles is 1. The molecule has 0 amide bonds. The zero-order chi connectivity index (χ0) is 15.4. The van der Waals surface area contributed by atoms with E-state index in [1.54, 1.807) is 6.07 Å². The minimum atomic E-state index is 0.533. The minimum Gasteiger partial charge on any atom is -0.378 e. The van der Waals surface area contributed by atoms with E-state index in [0.717, 1.165) is 34.5 Å². The maximum absolute atomic E-state index is 9.16. The number of rotatable bonds is 5. The number of nitrogens with one attached hydrogen (secondary N) is 1. The fourth-order valence-electron chi connectivity index (χ4n) is 2.13. The van der Waals surface area contributed by atoms with Gasteiger partial charge in [0, 0.05) is 11.0 Å². The first-order valence-corrected chi connectivity index (χ1v) is 7.95. The first-order valence-electron chi connectivity index (χ1n) is 6.78. The first kappa shape index (κ1) is 15.9. The third-order valence-electron chi connectivity index (χ3n) is 3.24. The van der Waals surface area contributed by atoms with Gasteiger partial charge >= 0.3 is 0 Å². The molecule has 4 nitrogen and oxygen atoms in total. The number of halogens is 2. The van der Waals surface area contributed by atoms with E-state index in [9.17, 15) is 0 Å². The number of hydrogen-bond donors (Lipinski definition) is 1. The smallest absolute Gasteiger partial charge is 0.101 e. The third-order valence-corrected chi connectivity index (χ3v) is 4.17. The van der Waals surface area contributed by atoms with Gasteiger partial charge < -0.3 is 5.32 Å². The predicted octanol–water partition coefficient (Wildman–Crippen LogP) is 4.37. The number of aryl methyl sites for hydroxylation is 2. The van der Waals surface area contributed by atoms with Crippen LogP contribution in [0, 0.1) is 11.3 Å². The lowest BCUT2D eigenvalue weighted by Crippen LogP contribution is -2.09. The van der Waals surface area contributed by atoms with Crippen LogP contribution in [-0.2, 0) is 19.5 Å². The Labute approximate surface area is 137 Å². The first-order chi connectivity index (χ1) is 10.1. The summed E-state index contributed by atoms with van der Waals surface area (Å²) in [6.07, 6.45) is 0.805. The summed E-state index contributed by atoms with van der Waals surface area (Å²) in [5.41, 5.74) is 3.24. The van der Waals surface area contributed by atoms with Crippen molar-refractivity contribution in [2.45, 2.75) is 33.4 Å². The lowest BCUT2D eigenvalue weighted by molar-refractivity contribution is 0.619. The molecule has 0 aliphatic heterocycles. The van der Waals surface area contributed by atoms with Gasteiger partial charge in [-0.25, -0.2) is 0 Å². The largest absolute Gasteiger partial charge is 0.378 e. The molecule has 0 bridgehead atoms. The van der Waals surface area contributed by atoms with Gasteiger partial charge in [-0.2, -0.15) is 10.4 Å². The molecule has 0 unspecified atom stereocenters. The summed E-state index contributed by atoms with van der Waals surface area (Å²) in [6.45, 7) is 5.37. The van der Waals surface area contributed by atoms with Crippen molar-refractivity contribution in [3.8, 4) is 6.07 Å². The third kappa shape index (κ3) is 3.39. The second-order valence-electron chi connectivity index (χ2n) is 4.53. The Balaban J connectivity index is 2.26. The van der Waals surface area contributed by atoms with E-state index in [1.165, 1.54) is 0 Å². The Morgan fingerprint density at radius 1 is 1.43 bits per heavy atom. The number of benzene rings is 1. The van der Waals surface area contributed by atoms with Crippen molar-refractivity contribution in [1.82, 2.24) is 9.78 Å². The molecule has 21 heavy (non-hydrogen) atoms. The monoisotopic (exact) mass is 366 g/mol. The van der Waals surface area contributed by atoms with Crippen molar-refractivity contribution in [2.75, 3.05) is 5.32 Å². The van der Waals surface area contributed by atoms with Crippen LogP contribution in [0.3, 0.4) is 0 Å². The van der Waals surface area contributed by atoms with Crippen molar-refractivity contribution >= 4 is 33.2 Å². The fourth-order valence-corrected chi connectivity index (χ4v) is 2.82. The van der Waals surface area contributed by atoms with Gasteiger partial charge in [0.1, 0.15) is 6.07 Å². The summed E-state index contributed by atoms with van der Waals surface area (Å²) in [4.78, 5) is 0. The summed E-state index contributed by atoms with van der Waals surface area (Å²) < 4.78 is 2.83. The highest BCUT2D eigenvalue weighted by Gasteiger charge is 2.14. The molecule has 0 fully saturated rings. The summed E-state index contributed by atoms with van der Waals surface area (Å²) in [5.74, 6) is 0. The van der Waals surface area contributed by atoms with Crippen LogP contribution in [0.2, 0.25) is 5.02 Å². The maximum atomic E-state index is 9.16. The number of hydrogen-bond acceptors (Lipinski definition) is 3. The van der Waals surface area contributed by atoms with Crippen molar-refractivity contribution in [3.05, 3.63) is 44.6 Å². The van der Waals surface area contributed by atoms with E-state index in [1.807, 2.05) is 30.7 Å². The van der Waals surface area contributed by atoms with Crippen molar-refractivity contribution in [1.29, 1.82) is 5.26 Å². The minimum absolute atomic E-state index is 0.533. The van der Waals surface area contributed by atoms with Crippen molar-refractivity contribution < 1.29 is 0 Å². The Hall–Kier alpha value is -1.51. The molecular weight excluding hydrogens is 352 g/mol. The molecule has 1 aromatic heterocycles. The van der Waals surface area contributed by atoms with Crippen LogP contribution >= 0.6 is 27.5 Å². The van der Waals surface area contributed by atoms with Crippen LogP contribution in [-0.4, -0.2) is 9.78 Å². The Morgan fingerprint density at radius 2 is 2.19 bits per heavy atom. The molecule has 0 saturated heterocycles. The zero-order valence-electron chi connectivity index (χ0n) is 12.0. The number of aromatic nitrogens is 2. The molecule has 1 N–H and O–H groups in total. The van der Waals surface area contributed by atoms with E-state index in [0.29, 0.717) is 17.1 Å². The molecule has 1 aromatic carbocycles. The summed E-state index contributed by atoms with van der Waals surface area (Å²) in [7, 11) is 0. The van der Waals surface area contributed by atoms with Crippen LogP contribution in [0.4, 0.5) is 5.69 Å². The molecular formula is C15H16BrClN4. The number of nitrogens with zero attached hydrogens (tertiary/aromatic N) is 3. The molecule has 1 heterocycles. The van der Waals surface area contributed by atoms with Gasteiger partial charge in [-0.3, -0.25) is 4.68 Å². The summed E-state index contributed by atoms with van der Waals surface area (Å²) in [6, 6.07) is 7.70. The normalized spacial score (nSPS) is 10.4. The van der Waals surface area contributed by atoms with Gasteiger partial charge in [0.15, 0.2) is 0 Å². The standard InChI is InChI=1S/C15H16BrClN4/c1-3-12-15(17)14(21(4-2)20-12)9-19-13-7-11(16)6-5-10(13)8-18/h5-7,19H,3-4,9H2,1-2H3. The highest BCUT2D eigenvalue weighted by Crippen LogP contribution is 2.25. The van der Waals surface area contributed by atoms with E-state index >= 15 is 0 Å². The van der Waals surface area contributed by atoms with Gasteiger partial charge in [-0.05, 0) is 31.5 Å². The second kappa shape index (κ2) is 6.97. The molecule has 2 aromatic rings. The van der Waals surface area contributed by atoms with E-state index < -0.39 is 0 Å². The van der Waals surface area contributed by atoms with Gasteiger partial charge in [0.25, 0.3) is 0 Å². The Morgan fingerprint density at radius 3 is 2.81 bits per heavy atom. The van der Waals surface area contributed by atoms with Crippen LogP contribution in [0.15, 0.2) is 22.7 Å². The lowest BCUT2D eigenvalue weighted by Gasteiger charge is -2.10. The average Bonchev–Trinajstić information content (AvgIpc) is 2.80. The molecule has 6 heteroatoms. The Bertz CT molecular complexity index is 688. The van der Waals surface area contributed by atoms with Gasteiger partial charge in [-0.1, -0.05) is 34.5 Å². The topological polar surface area (TPSA) is 53.6 Å². The van der Waals surface area contributed by atoms with Gasteiger partial charge in [-0.15, -0.1) is 0 Å². The predicted molar refractivity (Wildman–Crippen MR) is 88.5 cm³/mol. The molecule has 0 spiro atoms. The van der Waals surface area contributed by atoms with Gasteiger partial charge in [0.2, 0.25) is 0 Å². The highest BCUT2D eigenvalue weighted by molar-refractivity contribution is 9.10. The summed E-state index contributed by atoms with van der Waals surface area (Å²) >= 11 is 9.80. The summed E-state index contributed by atoms with van der Waals surface area (Å²) in [5, 5.41) is 17.6. The molecule has 0 saturated carbocycles. The molecule has 0 radical (unpaired) electrons. The van der Waals surface area contributed by atoms with Crippen LogP contribution < -0.4 is 5.32 Å². The Kier molecular flexibility index (Phi) is 5.27. The molecule has 110 valence electrons. The van der Waals surface area contributed by atoms with E-state index in [4.69, 9.17) is 16.9 Å². The van der Waals surface area contributed by atoms with Crippen LogP contribution in [0.1, 0.15) is 30.8 Å². The maximum Gasteiger partial charge on any atom is 0.101 e. The average molecular weight is 368 g/mol. The highest BCUT2D eigenvalue weighted by atomic mass is 79.9. The van der Waals surface area contributed by atoms with Crippen LogP contribution in [0.5, 0.6) is 0 Å². The molecule has 0 aliphatic rings. The fraction of sp³-hybridized carbons (Fsp3) is 0.333. The molecule has 0 aliphatic carbocycles. The zero-order valence-corrected chi connectivity index (χ0v) is 14.3. The second-order valence-corrected chi connectivity index (χ2v) is 5.83. The van der Waals surface area contributed by atoms with E-state index in [2.05, 4.69) is 32.4 Å².